The number of pyridine rings is 1. The van der Waals surface area contributed by atoms with Gasteiger partial charge in [-0.15, -0.1) is 0 Å². The summed E-state index contributed by atoms with van der Waals surface area (Å²) in [5, 5.41) is 13.7. The van der Waals surface area contributed by atoms with Crippen LogP contribution in [0.3, 0.4) is 0 Å². The van der Waals surface area contributed by atoms with Crippen LogP contribution < -0.4 is 10.2 Å². The Hall–Kier alpha value is -1.69. The fourth-order valence-corrected chi connectivity index (χ4v) is 1.34. The van der Waals surface area contributed by atoms with Gasteiger partial charge in [-0.25, -0.2) is 4.98 Å². The summed E-state index contributed by atoms with van der Waals surface area (Å²) in [5.41, 5.74) is 0.504. The van der Waals surface area contributed by atoms with E-state index in [0.717, 1.165) is 18.9 Å². The molecule has 0 bridgehead atoms. The molecule has 1 N–H and O–H groups in total. The number of nitro groups is 1. The molecule has 88 valence electrons. The molecule has 0 spiro atoms. The zero-order valence-electron chi connectivity index (χ0n) is 9.73. The van der Waals surface area contributed by atoms with Crippen molar-refractivity contribution in [2.75, 3.05) is 32.1 Å². The Morgan fingerprint density at radius 2 is 2.25 bits per heavy atom. The lowest BCUT2D eigenvalue weighted by molar-refractivity contribution is -0.385. The zero-order valence-corrected chi connectivity index (χ0v) is 9.73. The molecule has 0 amide bonds. The van der Waals surface area contributed by atoms with Crippen molar-refractivity contribution < 1.29 is 4.92 Å². The first kappa shape index (κ1) is 12.4. The normalized spacial score (nSPS) is 10.2. The van der Waals surface area contributed by atoms with E-state index < -0.39 is 4.92 Å². The van der Waals surface area contributed by atoms with Gasteiger partial charge in [0, 0.05) is 26.2 Å². The van der Waals surface area contributed by atoms with Crippen molar-refractivity contribution in [2.45, 2.75) is 6.92 Å². The first-order valence-corrected chi connectivity index (χ1v) is 5.04. The molecule has 0 fully saturated rings. The maximum Gasteiger partial charge on any atom is 0.290 e. The molecule has 0 aliphatic rings. The summed E-state index contributed by atoms with van der Waals surface area (Å²) in [4.78, 5) is 16.4. The standard InChI is InChI=1S/C10H16N4O2/c1-8-9(14(15)16)4-5-10(12-8)13(3)7-6-11-2/h4-5,11H,6-7H2,1-3H3. The fraction of sp³-hybridized carbons (Fsp3) is 0.500. The van der Waals surface area contributed by atoms with Crippen LogP contribution in [0.4, 0.5) is 11.5 Å². The number of aryl methyl sites for hydroxylation is 1. The highest BCUT2D eigenvalue weighted by Crippen LogP contribution is 2.19. The van der Waals surface area contributed by atoms with Gasteiger partial charge in [-0.05, 0) is 20.0 Å². The number of aromatic nitrogens is 1. The van der Waals surface area contributed by atoms with Crippen LogP contribution >= 0.6 is 0 Å². The first-order valence-electron chi connectivity index (χ1n) is 5.04. The van der Waals surface area contributed by atoms with Gasteiger partial charge >= 0.3 is 0 Å². The molecule has 1 heterocycles. The SMILES string of the molecule is CNCCN(C)c1ccc([N+](=O)[O-])c(C)n1. The summed E-state index contributed by atoms with van der Waals surface area (Å²) < 4.78 is 0. The van der Waals surface area contributed by atoms with Crippen LogP contribution in [0, 0.1) is 17.0 Å². The first-order chi connectivity index (χ1) is 7.56. The van der Waals surface area contributed by atoms with Crippen LogP contribution in [0.25, 0.3) is 0 Å². The zero-order chi connectivity index (χ0) is 12.1. The minimum Gasteiger partial charge on any atom is -0.358 e. The Balaban J connectivity index is 2.84. The van der Waals surface area contributed by atoms with Crippen molar-refractivity contribution in [1.29, 1.82) is 0 Å². The van der Waals surface area contributed by atoms with Crippen molar-refractivity contribution in [1.82, 2.24) is 10.3 Å². The lowest BCUT2D eigenvalue weighted by Crippen LogP contribution is -2.27. The van der Waals surface area contributed by atoms with E-state index in [4.69, 9.17) is 0 Å². The summed E-state index contributed by atoms with van der Waals surface area (Å²) in [6.07, 6.45) is 0. The van der Waals surface area contributed by atoms with Gasteiger partial charge in [0.25, 0.3) is 5.69 Å². The molecule has 0 radical (unpaired) electrons. The van der Waals surface area contributed by atoms with Gasteiger partial charge in [-0.1, -0.05) is 0 Å². The molecule has 0 aliphatic carbocycles. The minimum absolute atomic E-state index is 0.0609. The van der Waals surface area contributed by atoms with E-state index in [1.165, 1.54) is 6.07 Å². The van der Waals surface area contributed by atoms with Crippen molar-refractivity contribution in [3.8, 4) is 0 Å². The lowest BCUT2D eigenvalue weighted by Gasteiger charge is -2.17. The third-order valence-corrected chi connectivity index (χ3v) is 2.33. The van der Waals surface area contributed by atoms with Crippen molar-refractivity contribution in [3.05, 3.63) is 27.9 Å². The van der Waals surface area contributed by atoms with Crippen LogP contribution in [0.2, 0.25) is 0 Å². The highest BCUT2D eigenvalue weighted by atomic mass is 16.6. The molecule has 6 nitrogen and oxygen atoms in total. The molecule has 0 aromatic carbocycles. The van der Waals surface area contributed by atoms with Crippen molar-refractivity contribution >= 4 is 11.5 Å². The Bertz CT molecular complexity index is 381. The average Bonchev–Trinajstić information content (AvgIpc) is 2.25. The molecule has 1 aromatic heterocycles. The number of anilines is 1. The number of nitrogens with zero attached hydrogens (tertiary/aromatic N) is 3. The van der Waals surface area contributed by atoms with Gasteiger partial charge in [0.05, 0.1) is 4.92 Å². The highest BCUT2D eigenvalue weighted by Gasteiger charge is 2.13. The maximum atomic E-state index is 10.6. The third kappa shape index (κ3) is 2.90. The predicted molar refractivity (Wildman–Crippen MR) is 62.8 cm³/mol. The number of rotatable bonds is 5. The molecular formula is C10H16N4O2. The molecule has 16 heavy (non-hydrogen) atoms. The quantitative estimate of drug-likeness (QED) is 0.595. The molecule has 0 saturated carbocycles. The second-order valence-electron chi connectivity index (χ2n) is 3.56. The van der Waals surface area contributed by atoms with Crippen LogP contribution in [0.15, 0.2) is 12.1 Å². The second kappa shape index (κ2) is 5.41. The Morgan fingerprint density at radius 3 is 2.75 bits per heavy atom. The smallest absolute Gasteiger partial charge is 0.290 e. The Labute approximate surface area is 94.4 Å². The van der Waals surface area contributed by atoms with Gasteiger partial charge in [-0.3, -0.25) is 10.1 Å². The summed E-state index contributed by atoms with van der Waals surface area (Å²) in [6.45, 7) is 3.29. The number of hydrogen-bond donors (Lipinski definition) is 1. The van der Waals surface area contributed by atoms with Gasteiger partial charge in [0.1, 0.15) is 11.5 Å². The average molecular weight is 224 g/mol. The van der Waals surface area contributed by atoms with E-state index >= 15 is 0 Å². The summed E-state index contributed by atoms with van der Waals surface area (Å²) in [7, 11) is 3.79. The highest BCUT2D eigenvalue weighted by molar-refractivity contribution is 5.46. The topological polar surface area (TPSA) is 71.3 Å². The van der Waals surface area contributed by atoms with E-state index in [-0.39, 0.29) is 5.69 Å². The van der Waals surface area contributed by atoms with E-state index in [2.05, 4.69) is 10.3 Å². The van der Waals surface area contributed by atoms with E-state index in [0.29, 0.717) is 5.69 Å². The third-order valence-electron chi connectivity index (χ3n) is 2.33. The molecule has 0 atom stereocenters. The van der Waals surface area contributed by atoms with Gasteiger partial charge in [0.15, 0.2) is 0 Å². The van der Waals surface area contributed by atoms with Gasteiger partial charge in [-0.2, -0.15) is 0 Å². The van der Waals surface area contributed by atoms with Crippen LogP contribution in [-0.2, 0) is 0 Å². The molecule has 0 saturated heterocycles. The van der Waals surface area contributed by atoms with E-state index in [1.54, 1.807) is 13.0 Å². The van der Waals surface area contributed by atoms with Gasteiger partial charge in [0.2, 0.25) is 0 Å². The number of likely N-dealkylation sites (N-methyl/N-ethyl adjacent to an activating group) is 2. The van der Waals surface area contributed by atoms with Gasteiger partial charge < -0.3 is 10.2 Å². The van der Waals surface area contributed by atoms with E-state index in [9.17, 15) is 10.1 Å². The summed E-state index contributed by atoms with van der Waals surface area (Å²) in [6, 6.07) is 3.16. The Kier molecular flexibility index (Phi) is 4.19. The second-order valence-corrected chi connectivity index (χ2v) is 3.56. The van der Waals surface area contributed by atoms with Crippen LogP contribution in [0.5, 0.6) is 0 Å². The van der Waals surface area contributed by atoms with Crippen molar-refractivity contribution in [3.63, 3.8) is 0 Å². The van der Waals surface area contributed by atoms with Crippen LogP contribution in [0.1, 0.15) is 5.69 Å². The maximum absolute atomic E-state index is 10.6. The number of nitrogens with one attached hydrogen (secondary N) is 1. The molecule has 0 unspecified atom stereocenters. The monoisotopic (exact) mass is 224 g/mol. The number of hydrogen-bond acceptors (Lipinski definition) is 5. The largest absolute Gasteiger partial charge is 0.358 e. The Morgan fingerprint density at radius 1 is 1.56 bits per heavy atom. The molecule has 0 aliphatic heterocycles. The summed E-state index contributed by atoms with van der Waals surface area (Å²) in [5.74, 6) is 0.748. The molecule has 6 heteroatoms. The molecule has 1 rings (SSSR count). The molecular weight excluding hydrogens is 208 g/mol. The predicted octanol–water partition coefficient (Wildman–Crippen LogP) is 0.954. The fourth-order valence-electron chi connectivity index (χ4n) is 1.34. The minimum atomic E-state index is -0.417. The van der Waals surface area contributed by atoms with E-state index in [1.807, 2.05) is 19.0 Å². The van der Waals surface area contributed by atoms with Crippen LogP contribution in [-0.4, -0.2) is 37.1 Å². The van der Waals surface area contributed by atoms with Crippen molar-refractivity contribution in [2.24, 2.45) is 0 Å². The lowest BCUT2D eigenvalue weighted by atomic mass is 10.3. The molecule has 1 aromatic rings. The summed E-state index contributed by atoms with van der Waals surface area (Å²) >= 11 is 0.